The van der Waals surface area contributed by atoms with E-state index in [9.17, 15) is 5.11 Å². The fraction of sp³-hybridized carbons (Fsp3) is 0.400. The molecule has 0 spiro atoms. The molecule has 0 amide bonds. The van der Waals surface area contributed by atoms with Crippen LogP contribution in [-0.2, 0) is 4.74 Å². The molecule has 1 N–H and O–H groups in total. The van der Waals surface area contributed by atoms with Gasteiger partial charge in [0.25, 0.3) is 0 Å². The van der Waals surface area contributed by atoms with E-state index in [1.54, 1.807) is 25.1 Å². The number of rotatable bonds is 9. The summed E-state index contributed by atoms with van der Waals surface area (Å²) >= 11 is 12.1. The second-order valence-electron chi connectivity index (χ2n) is 6.27. The van der Waals surface area contributed by atoms with E-state index in [4.69, 9.17) is 27.9 Å². The molecular weight excluding hydrogens is 385 g/mol. The number of nitrogens with zero attached hydrogens (tertiary/aromatic N) is 3. The number of likely N-dealkylation sites (N-methyl/N-ethyl adjacent to an activating group) is 1. The van der Waals surface area contributed by atoms with Crippen LogP contribution in [0.15, 0.2) is 46.6 Å². The fourth-order valence-corrected chi connectivity index (χ4v) is 2.84. The Morgan fingerprint density at radius 2 is 1.85 bits per heavy atom. The van der Waals surface area contributed by atoms with Gasteiger partial charge in [0, 0.05) is 23.8 Å². The van der Waals surface area contributed by atoms with Crippen LogP contribution in [0.3, 0.4) is 0 Å². The SMILES string of the molecule is CCN(CCOCC(C)O)c1ccc(N=Nc2cc(Cl)ccc2Cl)c(C)c1. The fourth-order valence-electron chi connectivity index (χ4n) is 2.52. The summed E-state index contributed by atoms with van der Waals surface area (Å²) in [6.07, 6.45) is -0.444. The van der Waals surface area contributed by atoms with Crippen LogP contribution in [0.5, 0.6) is 0 Å². The van der Waals surface area contributed by atoms with Gasteiger partial charge in [-0.3, -0.25) is 0 Å². The Kier molecular flexibility index (Phi) is 8.51. The molecule has 1 unspecified atom stereocenters. The summed E-state index contributed by atoms with van der Waals surface area (Å²) < 4.78 is 5.46. The van der Waals surface area contributed by atoms with Gasteiger partial charge < -0.3 is 14.7 Å². The Hall–Kier alpha value is -1.66. The van der Waals surface area contributed by atoms with Crippen LogP contribution in [-0.4, -0.2) is 37.5 Å². The van der Waals surface area contributed by atoms with E-state index in [1.165, 1.54) is 0 Å². The number of aryl methyl sites for hydroxylation is 1. The Morgan fingerprint density at radius 3 is 2.52 bits per heavy atom. The summed E-state index contributed by atoms with van der Waals surface area (Å²) in [7, 11) is 0. The monoisotopic (exact) mass is 409 g/mol. The van der Waals surface area contributed by atoms with Gasteiger partial charge in [-0.15, -0.1) is 5.11 Å². The molecule has 0 aliphatic rings. The third kappa shape index (κ3) is 6.78. The third-order valence-electron chi connectivity index (χ3n) is 3.97. The topological polar surface area (TPSA) is 57.4 Å². The lowest BCUT2D eigenvalue weighted by Gasteiger charge is -2.24. The van der Waals surface area contributed by atoms with Gasteiger partial charge in [-0.2, -0.15) is 5.11 Å². The molecule has 0 aromatic heterocycles. The molecule has 0 aliphatic heterocycles. The minimum absolute atomic E-state index is 0.349. The molecule has 0 fully saturated rings. The highest BCUT2D eigenvalue weighted by Gasteiger charge is 2.08. The number of benzene rings is 2. The zero-order valence-corrected chi connectivity index (χ0v) is 17.3. The normalized spacial score (nSPS) is 12.5. The van der Waals surface area contributed by atoms with Crippen molar-refractivity contribution in [3.05, 3.63) is 52.0 Å². The Labute approximate surface area is 170 Å². The predicted octanol–water partition coefficient (Wildman–Crippen LogP) is 5.94. The van der Waals surface area contributed by atoms with Gasteiger partial charge in [0.1, 0.15) is 5.69 Å². The molecule has 7 heteroatoms. The van der Waals surface area contributed by atoms with Crippen molar-refractivity contribution in [1.29, 1.82) is 0 Å². The predicted molar refractivity (Wildman–Crippen MR) is 112 cm³/mol. The first-order valence-corrected chi connectivity index (χ1v) is 9.64. The first-order valence-electron chi connectivity index (χ1n) is 8.89. The molecule has 0 saturated carbocycles. The van der Waals surface area contributed by atoms with E-state index < -0.39 is 6.10 Å². The standard InChI is InChI=1S/C20H25Cl2N3O2/c1-4-25(9-10-27-13-15(3)26)17-6-8-19(14(2)11-17)23-24-20-12-16(21)5-7-18(20)22/h5-8,11-12,15,26H,4,9-10,13H2,1-3H3. The lowest BCUT2D eigenvalue weighted by molar-refractivity contribution is 0.0495. The van der Waals surface area contributed by atoms with Crippen LogP contribution in [0.4, 0.5) is 17.1 Å². The molecule has 146 valence electrons. The van der Waals surface area contributed by atoms with Crippen molar-refractivity contribution in [2.75, 3.05) is 31.2 Å². The molecule has 2 rings (SSSR count). The Balaban J connectivity index is 2.07. The number of azo groups is 1. The smallest absolute Gasteiger partial charge is 0.106 e. The third-order valence-corrected chi connectivity index (χ3v) is 4.52. The molecule has 0 radical (unpaired) electrons. The quantitative estimate of drug-likeness (QED) is 0.411. The van der Waals surface area contributed by atoms with Gasteiger partial charge in [-0.1, -0.05) is 23.2 Å². The van der Waals surface area contributed by atoms with Crippen LogP contribution in [0.2, 0.25) is 10.0 Å². The molecule has 0 saturated heterocycles. The second-order valence-corrected chi connectivity index (χ2v) is 7.11. The highest BCUT2D eigenvalue weighted by molar-refractivity contribution is 6.35. The maximum Gasteiger partial charge on any atom is 0.106 e. The highest BCUT2D eigenvalue weighted by atomic mass is 35.5. The van der Waals surface area contributed by atoms with Crippen molar-refractivity contribution in [3.63, 3.8) is 0 Å². The van der Waals surface area contributed by atoms with Crippen LogP contribution in [0, 0.1) is 6.92 Å². The molecule has 2 aromatic rings. The van der Waals surface area contributed by atoms with Crippen LogP contribution in [0.25, 0.3) is 0 Å². The number of aliphatic hydroxyl groups excluding tert-OH is 1. The maximum atomic E-state index is 9.25. The van der Waals surface area contributed by atoms with Crippen molar-refractivity contribution in [2.24, 2.45) is 10.2 Å². The second kappa shape index (κ2) is 10.6. The lowest BCUT2D eigenvalue weighted by Crippen LogP contribution is -2.28. The van der Waals surface area contributed by atoms with E-state index >= 15 is 0 Å². The lowest BCUT2D eigenvalue weighted by atomic mass is 10.1. The van der Waals surface area contributed by atoms with Crippen LogP contribution in [0.1, 0.15) is 19.4 Å². The zero-order valence-electron chi connectivity index (χ0n) is 15.8. The molecular formula is C20H25Cl2N3O2. The first-order chi connectivity index (χ1) is 12.9. The summed E-state index contributed by atoms with van der Waals surface area (Å²) in [4.78, 5) is 2.21. The average Bonchev–Trinajstić information content (AvgIpc) is 2.63. The van der Waals surface area contributed by atoms with Gasteiger partial charge in [-0.05, 0) is 62.7 Å². The van der Waals surface area contributed by atoms with Crippen molar-refractivity contribution in [1.82, 2.24) is 0 Å². The molecule has 5 nitrogen and oxygen atoms in total. The van der Waals surface area contributed by atoms with Crippen molar-refractivity contribution in [3.8, 4) is 0 Å². The number of aliphatic hydroxyl groups is 1. The van der Waals surface area contributed by atoms with E-state index in [2.05, 4.69) is 28.1 Å². The van der Waals surface area contributed by atoms with Crippen molar-refractivity contribution >= 4 is 40.3 Å². The van der Waals surface area contributed by atoms with E-state index in [0.717, 1.165) is 30.0 Å². The molecule has 2 aromatic carbocycles. The summed E-state index contributed by atoms with van der Waals surface area (Å²) in [6.45, 7) is 8.32. The van der Waals surface area contributed by atoms with Gasteiger partial charge in [0.2, 0.25) is 0 Å². The molecule has 27 heavy (non-hydrogen) atoms. The van der Waals surface area contributed by atoms with Crippen LogP contribution >= 0.6 is 23.2 Å². The number of hydrogen-bond donors (Lipinski definition) is 1. The summed E-state index contributed by atoms with van der Waals surface area (Å²) in [5, 5.41) is 18.9. The average molecular weight is 410 g/mol. The maximum absolute atomic E-state index is 9.25. The van der Waals surface area contributed by atoms with Gasteiger partial charge in [0.15, 0.2) is 0 Å². The summed E-state index contributed by atoms with van der Waals surface area (Å²) in [5.74, 6) is 0. The number of hydrogen-bond acceptors (Lipinski definition) is 5. The zero-order chi connectivity index (χ0) is 19.8. The Bertz CT molecular complexity index is 782. The molecule has 1 atom stereocenters. The summed E-state index contributed by atoms with van der Waals surface area (Å²) in [6, 6.07) is 11.1. The molecule has 0 heterocycles. The van der Waals surface area contributed by atoms with Crippen molar-refractivity contribution in [2.45, 2.75) is 26.9 Å². The van der Waals surface area contributed by atoms with Gasteiger partial charge >= 0.3 is 0 Å². The van der Waals surface area contributed by atoms with E-state index in [-0.39, 0.29) is 0 Å². The summed E-state index contributed by atoms with van der Waals surface area (Å²) in [5.41, 5.74) is 3.42. The molecule has 0 bridgehead atoms. The van der Waals surface area contributed by atoms with E-state index in [0.29, 0.717) is 28.9 Å². The van der Waals surface area contributed by atoms with Gasteiger partial charge in [0.05, 0.1) is 30.0 Å². The Morgan fingerprint density at radius 1 is 1.11 bits per heavy atom. The van der Waals surface area contributed by atoms with Crippen molar-refractivity contribution < 1.29 is 9.84 Å². The number of anilines is 1. The van der Waals surface area contributed by atoms with E-state index in [1.807, 2.05) is 19.1 Å². The first kappa shape index (κ1) is 21.6. The minimum Gasteiger partial charge on any atom is -0.391 e. The van der Waals surface area contributed by atoms with Gasteiger partial charge in [-0.25, -0.2) is 0 Å². The van der Waals surface area contributed by atoms with Crippen LogP contribution < -0.4 is 4.90 Å². The largest absolute Gasteiger partial charge is 0.391 e. The molecule has 0 aliphatic carbocycles. The number of ether oxygens (including phenoxy) is 1. The highest BCUT2D eigenvalue weighted by Crippen LogP contribution is 2.31. The minimum atomic E-state index is -0.444. The number of halogens is 2.